The fraction of sp³-hybridized carbons (Fsp3) is 0.500. The smallest absolute Gasteiger partial charge is 0.251 e. The van der Waals surface area contributed by atoms with Crippen LogP contribution in [0.25, 0.3) is 0 Å². The average molecular weight is 333 g/mol. The van der Waals surface area contributed by atoms with E-state index in [9.17, 15) is 14.4 Å². The largest absolute Gasteiger partial charge is 0.357 e. The van der Waals surface area contributed by atoms with Crippen molar-refractivity contribution in [2.75, 3.05) is 13.6 Å². The minimum Gasteiger partial charge on any atom is -0.357 e. The van der Waals surface area contributed by atoms with Crippen molar-refractivity contribution < 1.29 is 14.4 Å². The topological polar surface area (TPSA) is 87.3 Å². The lowest BCUT2D eigenvalue weighted by Crippen LogP contribution is -2.49. The quantitative estimate of drug-likeness (QED) is 0.703. The Hall–Kier alpha value is -2.37. The van der Waals surface area contributed by atoms with E-state index in [1.165, 1.54) is 7.05 Å². The van der Waals surface area contributed by atoms with E-state index in [1.807, 2.05) is 33.8 Å². The van der Waals surface area contributed by atoms with Crippen LogP contribution in [0.2, 0.25) is 0 Å². The van der Waals surface area contributed by atoms with Gasteiger partial charge in [-0.3, -0.25) is 14.4 Å². The van der Waals surface area contributed by atoms with E-state index in [1.54, 1.807) is 12.1 Å². The van der Waals surface area contributed by atoms with Crippen molar-refractivity contribution in [2.24, 2.45) is 5.92 Å². The van der Waals surface area contributed by atoms with Gasteiger partial charge in [0.2, 0.25) is 11.8 Å². The zero-order valence-corrected chi connectivity index (χ0v) is 15.0. The first-order valence-electron chi connectivity index (χ1n) is 8.11. The zero-order valence-electron chi connectivity index (χ0n) is 15.0. The molecular formula is C18H27N3O3. The Morgan fingerprint density at radius 2 is 1.75 bits per heavy atom. The summed E-state index contributed by atoms with van der Waals surface area (Å²) in [6.45, 7) is 7.68. The predicted octanol–water partition coefficient (Wildman–Crippen LogP) is 1.31. The summed E-state index contributed by atoms with van der Waals surface area (Å²) >= 11 is 0. The number of likely N-dealkylation sites (N-methyl/N-ethyl adjacent to an activating group) is 1. The molecule has 132 valence electrons. The molecule has 24 heavy (non-hydrogen) atoms. The number of rotatable bonds is 7. The number of carbonyl (C=O) groups is 3. The normalized spacial score (nSPS) is 11.8. The Bertz CT molecular complexity index is 612. The number of amides is 3. The highest BCUT2D eigenvalue weighted by molar-refractivity contribution is 5.97. The van der Waals surface area contributed by atoms with E-state index in [4.69, 9.17) is 0 Å². The van der Waals surface area contributed by atoms with E-state index in [0.717, 1.165) is 11.1 Å². The van der Waals surface area contributed by atoms with Crippen molar-refractivity contribution in [3.8, 4) is 0 Å². The van der Waals surface area contributed by atoms with E-state index in [-0.39, 0.29) is 30.2 Å². The molecule has 0 fully saturated rings. The summed E-state index contributed by atoms with van der Waals surface area (Å²) in [6, 6.07) is 4.78. The van der Waals surface area contributed by atoms with Gasteiger partial charge >= 0.3 is 0 Å². The maximum Gasteiger partial charge on any atom is 0.251 e. The van der Waals surface area contributed by atoms with Gasteiger partial charge in [-0.25, -0.2) is 0 Å². The Morgan fingerprint density at radius 1 is 1.08 bits per heavy atom. The molecule has 0 spiro atoms. The lowest BCUT2D eigenvalue weighted by molar-refractivity contribution is -0.128. The van der Waals surface area contributed by atoms with Gasteiger partial charge in [0.1, 0.15) is 6.04 Å². The van der Waals surface area contributed by atoms with Crippen LogP contribution >= 0.6 is 0 Å². The standard InChI is InChI=1S/C18H27N3O3/c1-11(2)8-15(18(24)19-5)21-16(22)10-20-17(23)14-7-6-12(3)13(4)9-14/h6-7,9,11,15H,8,10H2,1-5H3,(H,19,24)(H,20,23)(H,21,22)/t15-/m1/s1. The van der Waals surface area contributed by atoms with Gasteiger partial charge in [0, 0.05) is 12.6 Å². The number of benzene rings is 1. The predicted molar refractivity (Wildman–Crippen MR) is 93.7 cm³/mol. The van der Waals surface area contributed by atoms with Crippen molar-refractivity contribution in [3.63, 3.8) is 0 Å². The van der Waals surface area contributed by atoms with Crippen molar-refractivity contribution in [2.45, 2.75) is 40.2 Å². The maximum atomic E-state index is 12.1. The van der Waals surface area contributed by atoms with Crippen LogP contribution in [0.3, 0.4) is 0 Å². The summed E-state index contributed by atoms with van der Waals surface area (Å²) < 4.78 is 0. The molecule has 3 N–H and O–H groups in total. The number of hydrogen-bond donors (Lipinski definition) is 3. The van der Waals surface area contributed by atoms with Gasteiger partial charge in [0.05, 0.1) is 6.54 Å². The summed E-state index contributed by atoms with van der Waals surface area (Å²) in [6.07, 6.45) is 0.538. The van der Waals surface area contributed by atoms with Gasteiger partial charge in [0.15, 0.2) is 0 Å². The molecule has 0 aromatic heterocycles. The zero-order chi connectivity index (χ0) is 18.3. The second kappa shape index (κ2) is 9.05. The van der Waals surface area contributed by atoms with Crippen LogP contribution in [0.1, 0.15) is 41.8 Å². The van der Waals surface area contributed by atoms with Gasteiger partial charge in [-0.15, -0.1) is 0 Å². The Kier molecular flexibility index (Phi) is 7.42. The third-order valence-electron chi connectivity index (χ3n) is 3.78. The third kappa shape index (κ3) is 6.02. The average Bonchev–Trinajstić information content (AvgIpc) is 2.53. The van der Waals surface area contributed by atoms with Crippen molar-refractivity contribution >= 4 is 17.7 Å². The molecule has 6 nitrogen and oxygen atoms in total. The van der Waals surface area contributed by atoms with Crippen molar-refractivity contribution in [1.82, 2.24) is 16.0 Å². The highest BCUT2D eigenvalue weighted by atomic mass is 16.2. The number of hydrogen-bond acceptors (Lipinski definition) is 3. The fourth-order valence-electron chi connectivity index (χ4n) is 2.27. The Labute approximate surface area is 143 Å². The molecule has 1 rings (SSSR count). The van der Waals surface area contributed by atoms with Gasteiger partial charge in [0.25, 0.3) is 5.91 Å². The van der Waals surface area contributed by atoms with E-state index < -0.39 is 6.04 Å². The summed E-state index contributed by atoms with van der Waals surface area (Å²) in [7, 11) is 1.53. The van der Waals surface area contributed by atoms with Gasteiger partial charge in [-0.1, -0.05) is 19.9 Å². The van der Waals surface area contributed by atoms with Gasteiger partial charge < -0.3 is 16.0 Å². The monoisotopic (exact) mass is 333 g/mol. The number of carbonyl (C=O) groups excluding carboxylic acids is 3. The van der Waals surface area contributed by atoms with Crippen LogP contribution < -0.4 is 16.0 Å². The van der Waals surface area contributed by atoms with Crippen LogP contribution in [-0.4, -0.2) is 37.4 Å². The van der Waals surface area contributed by atoms with Crippen LogP contribution in [-0.2, 0) is 9.59 Å². The van der Waals surface area contributed by atoms with Crippen LogP contribution in [0, 0.1) is 19.8 Å². The molecular weight excluding hydrogens is 306 g/mol. The second-order valence-electron chi connectivity index (χ2n) is 6.35. The SMILES string of the molecule is CNC(=O)[C@@H](CC(C)C)NC(=O)CNC(=O)c1ccc(C)c(C)c1. The van der Waals surface area contributed by atoms with Gasteiger partial charge in [-0.05, 0) is 49.4 Å². The highest BCUT2D eigenvalue weighted by Gasteiger charge is 2.21. The molecule has 0 radical (unpaired) electrons. The Balaban J connectivity index is 2.58. The number of aryl methyl sites for hydroxylation is 2. The number of nitrogens with one attached hydrogen (secondary N) is 3. The van der Waals surface area contributed by atoms with Crippen LogP contribution in [0.4, 0.5) is 0 Å². The molecule has 0 bridgehead atoms. The minimum absolute atomic E-state index is 0.169. The highest BCUT2D eigenvalue weighted by Crippen LogP contribution is 2.09. The molecule has 0 aliphatic rings. The molecule has 0 saturated heterocycles. The third-order valence-corrected chi connectivity index (χ3v) is 3.78. The lowest BCUT2D eigenvalue weighted by atomic mass is 10.0. The van der Waals surface area contributed by atoms with Gasteiger partial charge in [-0.2, -0.15) is 0 Å². The van der Waals surface area contributed by atoms with E-state index in [0.29, 0.717) is 12.0 Å². The Morgan fingerprint density at radius 3 is 2.29 bits per heavy atom. The van der Waals surface area contributed by atoms with Crippen molar-refractivity contribution in [1.29, 1.82) is 0 Å². The molecule has 0 saturated carbocycles. The maximum absolute atomic E-state index is 12.1. The van der Waals surface area contributed by atoms with E-state index >= 15 is 0 Å². The molecule has 0 aliphatic heterocycles. The molecule has 3 amide bonds. The summed E-state index contributed by atoms with van der Waals surface area (Å²) in [5, 5.41) is 7.78. The summed E-state index contributed by atoms with van der Waals surface area (Å²) in [4.78, 5) is 35.9. The van der Waals surface area contributed by atoms with Crippen LogP contribution in [0.5, 0.6) is 0 Å². The first kappa shape index (κ1) is 19.7. The fourth-order valence-corrected chi connectivity index (χ4v) is 2.27. The lowest BCUT2D eigenvalue weighted by Gasteiger charge is -2.19. The molecule has 1 aromatic carbocycles. The summed E-state index contributed by atoms with van der Waals surface area (Å²) in [5.74, 6) is -0.676. The second-order valence-corrected chi connectivity index (χ2v) is 6.35. The minimum atomic E-state index is -0.596. The molecule has 0 unspecified atom stereocenters. The molecule has 0 aliphatic carbocycles. The van der Waals surface area contributed by atoms with E-state index in [2.05, 4.69) is 16.0 Å². The molecule has 6 heteroatoms. The first-order chi connectivity index (χ1) is 11.2. The molecule has 0 heterocycles. The molecule has 1 atom stereocenters. The summed E-state index contributed by atoms with van der Waals surface area (Å²) in [5.41, 5.74) is 2.63. The van der Waals surface area contributed by atoms with Crippen molar-refractivity contribution in [3.05, 3.63) is 34.9 Å². The first-order valence-corrected chi connectivity index (χ1v) is 8.11. The van der Waals surface area contributed by atoms with Crippen LogP contribution in [0.15, 0.2) is 18.2 Å². The molecule has 1 aromatic rings.